The predicted molar refractivity (Wildman–Crippen MR) is 136 cm³/mol. The van der Waals surface area contributed by atoms with Gasteiger partial charge in [0.1, 0.15) is 0 Å². The fourth-order valence-electron chi connectivity index (χ4n) is 8.20. The Bertz CT molecular complexity index is 545. The quantitative estimate of drug-likeness (QED) is 0.303. The number of hydrogen-bond acceptors (Lipinski definition) is 1. The third-order valence-electron chi connectivity index (χ3n) is 10.6. The van der Waals surface area contributed by atoms with E-state index in [2.05, 4.69) is 13.8 Å². The van der Waals surface area contributed by atoms with Gasteiger partial charge in [-0.2, -0.15) is 0 Å². The van der Waals surface area contributed by atoms with Crippen LogP contribution in [0.3, 0.4) is 0 Å². The summed E-state index contributed by atoms with van der Waals surface area (Å²) in [6.07, 6.45) is 29.4. The van der Waals surface area contributed by atoms with Crippen molar-refractivity contribution in [3.8, 4) is 0 Å². The summed E-state index contributed by atoms with van der Waals surface area (Å²) in [5.74, 6) is 0.447. The predicted octanol–water partition coefficient (Wildman–Crippen LogP) is 9.70. The number of aliphatic carboxylic acids is 1. The normalized spacial score (nSPS) is 31.4. The molecule has 0 spiro atoms. The number of hydrogen-bond donors (Lipinski definition) is 1. The van der Waals surface area contributed by atoms with Crippen molar-refractivity contribution in [2.45, 2.75) is 162 Å². The van der Waals surface area contributed by atoms with Crippen LogP contribution in [0.15, 0.2) is 0 Å². The molecule has 32 heavy (non-hydrogen) atoms. The summed E-state index contributed by atoms with van der Waals surface area (Å²) >= 11 is 0. The minimum absolute atomic E-state index is 0.0651. The summed E-state index contributed by atoms with van der Waals surface area (Å²) < 4.78 is 0. The number of carboxylic acids is 1. The molecule has 0 aromatic rings. The molecule has 0 aliphatic heterocycles. The molecule has 3 fully saturated rings. The Morgan fingerprint density at radius 3 is 1.81 bits per heavy atom. The second-order valence-electron chi connectivity index (χ2n) is 12.4. The zero-order valence-electron chi connectivity index (χ0n) is 21.7. The zero-order chi connectivity index (χ0) is 22.9. The molecule has 2 nitrogen and oxygen atoms in total. The van der Waals surface area contributed by atoms with E-state index in [1.165, 1.54) is 122 Å². The van der Waals surface area contributed by atoms with Gasteiger partial charge in [-0.25, -0.2) is 0 Å². The fraction of sp³-hybridized carbons (Fsp3) is 0.967. The Morgan fingerprint density at radius 1 is 0.719 bits per heavy atom. The highest BCUT2D eigenvalue weighted by atomic mass is 16.4. The molecule has 1 N–H and O–H groups in total. The average Bonchev–Trinajstić information content (AvgIpc) is 2.83. The van der Waals surface area contributed by atoms with Crippen molar-refractivity contribution in [3.05, 3.63) is 0 Å². The lowest BCUT2D eigenvalue weighted by molar-refractivity contribution is -0.170. The summed E-state index contributed by atoms with van der Waals surface area (Å²) in [7, 11) is 0. The van der Waals surface area contributed by atoms with Gasteiger partial charge in [-0.05, 0) is 74.5 Å². The summed E-state index contributed by atoms with van der Waals surface area (Å²) in [5, 5.41) is 10.6. The Balaban J connectivity index is 1.65. The van der Waals surface area contributed by atoms with Crippen LogP contribution in [0.25, 0.3) is 0 Å². The smallest absolute Gasteiger partial charge is 0.310 e. The van der Waals surface area contributed by atoms with Crippen molar-refractivity contribution >= 4 is 5.97 Å². The van der Waals surface area contributed by atoms with E-state index in [1.54, 1.807) is 0 Å². The van der Waals surface area contributed by atoms with Crippen LogP contribution in [-0.4, -0.2) is 11.1 Å². The van der Waals surface area contributed by atoms with Crippen LogP contribution in [-0.2, 0) is 4.79 Å². The lowest BCUT2D eigenvalue weighted by Gasteiger charge is -2.57. The molecule has 0 heterocycles. The van der Waals surface area contributed by atoms with Crippen molar-refractivity contribution in [2.24, 2.45) is 22.2 Å². The second-order valence-corrected chi connectivity index (χ2v) is 12.4. The van der Waals surface area contributed by atoms with Crippen molar-refractivity contribution in [1.29, 1.82) is 0 Å². The highest BCUT2D eigenvalue weighted by molar-refractivity contribution is 5.76. The SMILES string of the molecule is CCCCCCCCCCC1(C2(C(=O)O)CCCCC2)CCC(C)(C2CCCCC2)CC1. The second kappa shape index (κ2) is 12.3. The molecular weight excluding hydrogens is 392 g/mol. The first-order valence-corrected chi connectivity index (χ1v) is 14.7. The average molecular weight is 447 g/mol. The van der Waals surface area contributed by atoms with Crippen LogP contribution < -0.4 is 0 Å². The molecule has 0 atom stereocenters. The molecule has 0 aromatic heterocycles. The van der Waals surface area contributed by atoms with Gasteiger partial charge in [-0.15, -0.1) is 0 Å². The van der Waals surface area contributed by atoms with Gasteiger partial charge in [0.25, 0.3) is 0 Å². The minimum Gasteiger partial charge on any atom is -0.481 e. The van der Waals surface area contributed by atoms with Gasteiger partial charge in [0.05, 0.1) is 5.41 Å². The van der Waals surface area contributed by atoms with Gasteiger partial charge in [-0.3, -0.25) is 4.79 Å². The Hall–Kier alpha value is -0.530. The molecular formula is C30H54O2. The van der Waals surface area contributed by atoms with E-state index in [0.717, 1.165) is 31.6 Å². The van der Waals surface area contributed by atoms with Crippen LogP contribution in [0.4, 0.5) is 0 Å². The van der Waals surface area contributed by atoms with Crippen molar-refractivity contribution in [3.63, 3.8) is 0 Å². The van der Waals surface area contributed by atoms with Crippen LogP contribution >= 0.6 is 0 Å². The molecule has 2 heteroatoms. The third kappa shape index (κ3) is 5.93. The largest absolute Gasteiger partial charge is 0.481 e. The summed E-state index contributed by atoms with van der Waals surface area (Å²) in [5.41, 5.74) is 0.105. The maximum atomic E-state index is 12.9. The molecule has 3 aliphatic rings. The molecule has 0 aromatic carbocycles. The maximum Gasteiger partial charge on any atom is 0.310 e. The first-order valence-electron chi connectivity index (χ1n) is 14.7. The minimum atomic E-state index is -0.446. The number of rotatable bonds is 12. The highest BCUT2D eigenvalue weighted by Crippen LogP contribution is 2.63. The first kappa shape index (κ1) is 26.1. The van der Waals surface area contributed by atoms with Gasteiger partial charge >= 0.3 is 5.97 Å². The highest BCUT2D eigenvalue weighted by Gasteiger charge is 2.58. The maximum absolute atomic E-state index is 12.9. The van der Waals surface area contributed by atoms with Crippen molar-refractivity contribution in [1.82, 2.24) is 0 Å². The summed E-state index contributed by atoms with van der Waals surface area (Å²) in [6.45, 7) is 4.85. The Kier molecular flexibility index (Phi) is 9.99. The van der Waals surface area contributed by atoms with Crippen LogP contribution in [0.2, 0.25) is 0 Å². The van der Waals surface area contributed by atoms with Gasteiger partial charge < -0.3 is 5.11 Å². The van der Waals surface area contributed by atoms with E-state index >= 15 is 0 Å². The van der Waals surface area contributed by atoms with E-state index in [0.29, 0.717) is 5.41 Å². The number of unbranched alkanes of at least 4 members (excludes halogenated alkanes) is 7. The van der Waals surface area contributed by atoms with E-state index < -0.39 is 11.4 Å². The van der Waals surface area contributed by atoms with E-state index in [9.17, 15) is 9.90 Å². The van der Waals surface area contributed by atoms with Crippen LogP contribution in [0.1, 0.15) is 162 Å². The standard InChI is InChI=1S/C30H54O2/c1-3-4-5-6-7-8-9-14-19-29(30(27(31)32)20-15-11-16-21-30)24-22-28(2,23-25-29)26-17-12-10-13-18-26/h26H,3-25H2,1-2H3,(H,31,32). The molecule has 0 saturated heterocycles. The van der Waals surface area contributed by atoms with E-state index in [-0.39, 0.29) is 5.41 Å². The fourth-order valence-corrected chi connectivity index (χ4v) is 8.20. The number of carbonyl (C=O) groups is 1. The van der Waals surface area contributed by atoms with Crippen molar-refractivity contribution < 1.29 is 9.90 Å². The van der Waals surface area contributed by atoms with Gasteiger partial charge in [0.15, 0.2) is 0 Å². The molecule has 3 aliphatic carbocycles. The molecule has 3 saturated carbocycles. The molecule has 0 bridgehead atoms. The topological polar surface area (TPSA) is 37.3 Å². The monoisotopic (exact) mass is 446 g/mol. The van der Waals surface area contributed by atoms with Crippen LogP contribution in [0, 0.1) is 22.2 Å². The van der Waals surface area contributed by atoms with E-state index in [1.807, 2.05) is 0 Å². The van der Waals surface area contributed by atoms with Gasteiger partial charge in [0, 0.05) is 0 Å². The zero-order valence-corrected chi connectivity index (χ0v) is 21.7. The van der Waals surface area contributed by atoms with E-state index in [4.69, 9.17) is 0 Å². The molecule has 186 valence electrons. The summed E-state index contributed by atoms with van der Waals surface area (Å²) in [4.78, 5) is 12.9. The lowest BCUT2D eigenvalue weighted by atomic mass is 9.47. The van der Waals surface area contributed by atoms with Gasteiger partial charge in [-0.1, -0.05) is 104 Å². The molecule has 3 rings (SSSR count). The first-order chi connectivity index (χ1) is 15.5. The summed E-state index contributed by atoms with van der Waals surface area (Å²) in [6, 6.07) is 0. The number of carboxylic acid groups (broad SMARTS) is 1. The van der Waals surface area contributed by atoms with Crippen molar-refractivity contribution in [2.75, 3.05) is 0 Å². The Labute approximate surface area is 199 Å². The third-order valence-corrected chi connectivity index (χ3v) is 10.6. The Morgan fingerprint density at radius 2 is 1.25 bits per heavy atom. The molecule has 0 radical (unpaired) electrons. The molecule has 0 amide bonds. The lowest BCUT2D eigenvalue weighted by Crippen LogP contribution is -2.52. The van der Waals surface area contributed by atoms with Crippen LogP contribution in [0.5, 0.6) is 0 Å². The van der Waals surface area contributed by atoms with Gasteiger partial charge in [0.2, 0.25) is 0 Å². The molecule has 0 unspecified atom stereocenters.